The number of hydrogen-bond donors (Lipinski definition) is 1. The van der Waals surface area contributed by atoms with Crippen molar-refractivity contribution >= 4 is 29.1 Å². The largest absolute Gasteiger partial charge is 0.441 e. The number of nitrogens with zero attached hydrogens (tertiary/aromatic N) is 1. The molecular weight excluding hydrogens is 492 g/mol. The van der Waals surface area contributed by atoms with E-state index in [0.29, 0.717) is 5.69 Å². The molecule has 1 atom stereocenters. The lowest BCUT2D eigenvalue weighted by Crippen LogP contribution is -2.30. The Hall–Kier alpha value is -3.77. The third-order valence-corrected chi connectivity index (χ3v) is 8.68. The van der Waals surface area contributed by atoms with Crippen LogP contribution in [0.25, 0.3) is 21.6 Å². The van der Waals surface area contributed by atoms with Gasteiger partial charge in [-0.05, 0) is 73.0 Å². The Morgan fingerprint density at radius 1 is 0.895 bits per heavy atom. The maximum absolute atomic E-state index is 12.7. The molecule has 4 aromatic rings. The molecule has 5 rings (SSSR count). The second kappa shape index (κ2) is 10.9. The topological polar surface area (TPSA) is 68.3 Å². The third-order valence-electron chi connectivity index (χ3n) is 7.69. The Morgan fingerprint density at radius 3 is 2.08 bits per heavy atom. The summed E-state index contributed by atoms with van der Waals surface area (Å²) in [5, 5.41) is 2.91. The van der Waals surface area contributed by atoms with E-state index in [2.05, 4.69) is 46.1 Å². The van der Waals surface area contributed by atoms with E-state index in [9.17, 15) is 9.59 Å². The van der Waals surface area contributed by atoms with Crippen molar-refractivity contribution < 1.29 is 14.3 Å². The van der Waals surface area contributed by atoms with Gasteiger partial charge in [-0.1, -0.05) is 91.7 Å². The molecule has 1 aromatic heterocycles. The van der Waals surface area contributed by atoms with E-state index in [1.54, 1.807) is 6.92 Å². The Kier molecular flexibility index (Phi) is 7.43. The van der Waals surface area contributed by atoms with Gasteiger partial charge in [0, 0.05) is 0 Å². The number of hydrogen-bond acceptors (Lipinski definition) is 5. The predicted octanol–water partition coefficient (Wildman–Crippen LogP) is 8.50. The summed E-state index contributed by atoms with van der Waals surface area (Å²) in [5.41, 5.74) is 6.35. The normalized spacial score (nSPS) is 15.1. The fourth-order valence-electron chi connectivity index (χ4n) is 5.42. The molecule has 1 aliphatic rings. The quantitative estimate of drug-likeness (QED) is 0.263. The van der Waals surface area contributed by atoms with E-state index in [1.165, 1.54) is 11.5 Å². The molecule has 38 heavy (non-hydrogen) atoms. The van der Waals surface area contributed by atoms with Gasteiger partial charge in [-0.15, -0.1) is 0 Å². The van der Waals surface area contributed by atoms with E-state index in [0.717, 1.165) is 64.1 Å². The molecule has 3 aromatic carbocycles. The molecule has 1 fully saturated rings. The molecule has 0 saturated heterocycles. The minimum Gasteiger partial charge on any atom is -0.441 e. The summed E-state index contributed by atoms with van der Waals surface area (Å²) in [7, 11) is 0. The van der Waals surface area contributed by atoms with Crippen LogP contribution in [0.15, 0.2) is 78.9 Å². The second-order valence-electron chi connectivity index (χ2n) is 10.1. The number of benzene rings is 3. The number of aryl methyl sites for hydroxylation is 1. The number of carbonyl (C=O) groups is 2. The number of amides is 1. The van der Waals surface area contributed by atoms with Crippen molar-refractivity contribution in [1.29, 1.82) is 0 Å². The SMILES string of the molecule is CC(=O)C1(c2ccc(-c3ccc(-c4snc(C)c4NC(=O)O[C@H](C)c4ccccc4)cc3)cc2)CCCC1. The molecular formula is C32H32N2O3S. The molecule has 0 spiro atoms. The van der Waals surface area contributed by atoms with E-state index < -0.39 is 6.09 Å². The van der Waals surface area contributed by atoms with Crippen molar-refractivity contribution in [1.82, 2.24) is 4.37 Å². The van der Waals surface area contributed by atoms with Crippen molar-refractivity contribution in [2.24, 2.45) is 0 Å². The lowest BCUT2D eigenvalue weighted by molar-refractivity contribution is -0.122. The zero-order valence-electron chi connectivity index (χ0n) is 22.0. The van der Waals surface area contributed by atoms with E-state index >= 15 is 0 Å². The first-order valence-electron chi connectivity index (χ1n) is 13.1. The minimum absolute atomic E-state index is 0.273. The summed E-state index contributed by atoms with van der Waals surface area (Å²) in [6.45, 7) is 5.46. The Bertz CT molecular complexity index is 1420. The molecule has 0 bridgehead atoms. The minimum atomic E-state index is -0.506. The van der Waals surface area contributed by atoms with Crippen LogP contribution in [-0.4, -0.2) is 16.3 Å². The maximum atomic E-state index is 12.7. The number of Topliss-reactive ketones (excluding diaryl/α,β-unsaturated/α-hetero) is 1. The highest BCUT2D eigenvalue weighted by molar-refractivity contribution is 7.10. The highest BCUT2D eigenvalue weighted by Gasteiger charge is 2.39. The van der Waals surface area contributed by atoms with E-state index in [1.807, 2.05) is 56.3 Å². The standard InChI is InChI=1S/C32H32N2O3S/c1-21-29(33-31(36)37-22(2)24-9-5-4-6-10-24)30(38-34-21)27-13-11-25(12-14-27)26-15-17-28(18-16-26)32(23(3)35)19-7-8-20-32/h4-6,9-18,22H,7-8,19-20H2,1-3H3,(H,33,36)/t22-/m1/s1. The summed E-state index contributed by atoms with van der Waals surface area (Å²) in [6.07, 6.45) is 3.24. The van der Waals surface area contributed by atoms with Crippen LogP contribution in [0.2, 0.25) is 0 Å². The molecule has 194 valence electrons. The highest BCUT2D eigenvalue weighted by Crippen LogP contribution is 2.42. The molecule has 6 heteroatoms. The zero-order chi connectivity index (χ0) is 26.7. The van der Waals surface area contributed by atoms with Gasteiger partial charge in [0.2, 0.25) is 0 Å². The molecule has 0 unspecified atom stereocenters. The van der Waals surface area contributed by atoms with E-state index in [4.69, 9.17) is 4.74 Å². The summed E-state index contributed by atoms with van der Waals surface area (Å²) in [5.74, 6) is 0.273. The van der Waals surface area contributed by atoms with Crippen molar-refractivity contribution in [3.63, 3.8) is 0 Å². The fourth-order valence-corrected chi connectivity index (χ4v) is 6.27. The highest BCUT2D eigenvalue weighted by atomic mass is 32.1. The van der Waals surface area contributed by atoms with Crippen LogP contribution in [0.5, 0.6) is 0 Å². The molecule has 0 radical (unpaired) electrons. The number of rotatable bonds is 7. The van der Waals surface area contributed by atoms with Crippen LogP contribution < -0.4 is 5.32 Å². The summed E-state index contributed by atoms with van der Waals surface area (Å²) in [4.78, 5) is 26.0. The van der Waals surface area contributed by atoms with Crippen molar-refractivity contribution in [3.05, 3.63) is 95.7 Å². The number of ether oxygens (including phenoxy) is 1. The van der Waals surface area contributed by atoms with E-state index in [-0.39, 0.29) is 17.3 Å². The number of aromatic nitrogens is 1. The first-order chi connectivity index (χ1) is 18.4. The molecule has 5 nitrogen and oxygen atoms in total. The van der Waals surface area contributed by atoms with Gasteiger partial charge in [0.05, 0.1) is 21.7 Å². The number of nitrogens with one attached hydrogen (secondary N) is 1. The molecule has 0 aliphatic heterocycles. The number of carbonyl (C=O) groups excluding carboxylic acids is 2. The van der Waals surface area contributed by atoms with Gasteiger partial charge < -0.3 is 4.74 Å². The Morgan fingerprint density at radius 2 is 1.47 bits per heavy atom. The Balaban J connectivity index is 1.31. The van der Waals surface area contributed by atoms with Crippen LogP contribution in [0.3, 0.4) is 0 Å². The van der Waals surface area contributed by atoms with Gasteiger partial charge in [0.1, 0.15) is 11.9 Å². The second-order valence-corrected chi connectivity index (χ2v) is 10.8. The number of anilines is 1. The van der Waals surface area contributed by atoms with Crippen LogP contribution >= 0.6 is 11.5 Å². The summed E-state index contributed by atoms with van der Waals surface area (Å²) < 4.78 is 10.1. The van der Waals surface area contributed by atoms with Gasteiger partial charge in [0.25, 0.3) is 0 Å². The first kappa shape index (κ1) is 25.9. The molecule has 1 aliphatic carbocycles. The first-order valence-corrected chi connectivity index (χ1v) is 13.9. The van der Waals surface area contributed by atoms with Gasteiger partial charge in [0.15, 0.2) is 0 Å². The zero-order valence-corrected chi connectivity index (χ0v) is 22.8. The van der Waals surface area contributed by atoms with Crippen molar-refractivity contribution in [2.75, 3.05) is 5.32 Å². The van der Waals surface area contributed by atoms with Crippen molar-refractivity contribution in [3.8, 4) is 21.6 Å². The lowest BCUT2D eigenvalue weighted by atomic mass is 9.75. The predicted molar refractivity (Wildman–Crippen MR) is 154 cm³/mol. The molecule has 1 amide bonds. The number of ketones is 1. The molecule has 1 N–H and O–H groups in total. The lowest BCUT2D eigenvalue weighted by Gasteiger charge is -2.26. The fraction of sp³-hybridized carbons (Fsp3) is 0.281. The summed E-state index contributed by atoms with van der Waals surface area (Å²) in [6, 6.07) is 26.4. The van der Waals surface area contributed by atoms with Gasteiger partial charge in [-0.2, -0.15) is 4.37 Å². The van der Waals surface area contributed by atoms with Crippen LogP contribution in [0, 0.1) is 6.92 Å². The molecule has 1 saturated carbocycles. The smallest absolute Gasteiger partial charge is 0.412 e. The van der Waals surface area contributed by atoms with Gasteiger partial charge in [-0.25, -0.2) is 4.79 Å². The van der Waals surface area contributed by atoms with Crippen molar-refractivity contribution in [2.45, 2.75) is 58.0 Å². The van der Waals surface area contributed by atoms with Gasteiger partial charge in [-0.3, -0.25) is 10.1 Å². The average molecular weight is 525 g/mol. The Labute approximate surface area is 228 Å². The van der Waals surface area contributed by atoms with Gasteiger partial charge >= 0.3 is 6.09 Å². The average Bonchev–Trinajstić information content (AvgIpc) is 3.58. The van der Waals surface area contributed by atoms with Crippen LogP contribution in [0.4, 0.5) is 10.5 Å². The monoisotopic (exact) mass is 524 g/mol. The third kappa shape index (κ3) is 5.14. The summed E-state index contributed by atoms with van der Waals surface area (Å²) >= 11 is 1.35. The molecule has 1 heterocycles. The van der Waals surface area contributed by atoms with Crippen LogP contribution in [0.1, 0.15) is 62.5 Å². The maximum Gasteiger partial charge on any atom is 0.412 e. The van der Waals surface area contributed by atoms with Crippen LogP contribution in [-0.2, 0) is 14.9 Å².